The van der Waals surface area contributed by atoms with Crippen LogP contribution in [0, 0.1) is 0 Å². The summed E-state index contributed by atoms with van der Waals surface area (Å²) in [5, 5.41) is 10.3. The van der Waals surface area contributed by atoms with E-state index in [1.807, 2.05) is 30.3 Å². The van der Waals surface area contributed by atoms with Crippen LogP contribution < -0.4 is 0 Å². The van der Waals surface area contributed by atoms with Crippen LogP contribution >= 0.6 is 0 Å². The molecule has 110 valence electrons. The molecule has 5 heteroatoms. The highest BCUT2D eigenvalue weighted by atomic mass is 16.3. The highest BCUT2D eigenvalue weighted by molar-refractivity contribution is 5.96. The monoisotopic (exact) mass is 300 g/mol. The van der Waals surface area contributed by atoms with E-state index in [1.165, 1.54) is 0 Å². The van der Waals surface area contributed by atoms with Crippen molar-refractivity contribution in [3.8, 4) is 28.3 Å². The SMILES string of the molecule is Oc1ncc(-c2ccc3nccc(-c4ccncc4)c3c2)cn1. The van der Waals surface area contributed by atoms with E-state index in [9.17, 15) is 5.11 Å². The number of pyridine rings is 2. The van der Waals surface area contributed by atoms with Gasteiger partial charge in [0.1, 0.15) is 0 Å². The van der Waals surface area contributed by atoms with Crippen molar-refractivity contribution in [1.82, 2.24) is 19.9 Å². The van der Waals surface area contributed by atoms with Gasteiger partial charge < -0.3 is 5.11 Å². The molecule has 1 N–H and O–H groups in total. The first-order valence-corrected chi connectivity index (χ1v) is 7.12. The van der Waals surface area contributed by atoms with Gasteiger partial charge in [0.15, 0.2) is 0 Å². The van der Waals surface area contributed by atoms with Crippen LogP contribution in [0.3, 0.4) is 0 Å². The Morgan fingerprint density at radius 2 is 1.48 bits per heavy atom. The summed E-state index contributed by atoms with van der Waals surface area (Å²) >= 11 is 0. The summed E-state index contributed by atoms with van der Waals surface area (Å²) < 4.78 is 0. The molecule has 1 aromatic carbocycles. The van der Waals surface area contributed by atoms with Gasteiger partial charge in [-0.3, -0.25) is 9.97 Å². The summed E-state index contributed by atoms with van der Waals surface area (Å²) in [6.07, 6.45) is 8.57. The van der Waals surface area contributed by atoms with Crippen LogP contribution in [0.15, 0.2) is 67.4 Å². The number of benzene rings is 1. The summed E-state index contributed by atoms with van der Waals surface area (Å²) in [7, 11) is 0. The Kier molecular flexibility index (Phi) is 3.16. The molecule has 3 aromatic heterocycles. The zero-order valence-electron chi connectivity index (χ0n) is 12.1. The third kappa shape index (κ3) is 2.48. The first kappa shape index (κ1) is 13.3. The molecular weight excluding hydrogens is 288 g/mol. The Morgan fingerprint density at radius 3 is 2.26 bits per heavy atom. The van der Waals surface area contributed by atoms with Gasteiger partial charge >= 0.3 is 6.01 Å². The van der Waals surface area contributed by atoms with Crippen molar-refractivity contribution < 1.29 is 5.11 Å². The number of hydrogen-bond acceptors (Lipinski definition) is 5. The van der Waals surface area contributed by atoms with Crippen molar-refractivity contribution in [2.45, 2.75) is 0 Å². The average Bonchev–Trinajstić information content (AvgIpc) is 2.62. The van der Waals surface area contributed by atoms with Crippen LogP contribution in [0.5, 0.6) is 6.01 Å². The van der Waals surface area contributed by atoms with Crippen molar-refractivity contribution in [1.29, 1.82) is 0 Å². The topological polar surface area (TPSA) is 71.8 Å². The fourth-order valence-electron chi connectivity index (χ4n) is 2.58. The minimum atomic E-state index is -0.228. The Balaban J connectivity index is 1.92. The Bertz CT molecular complexity index is 969. The molecule has 0 aliphatic rings. The smallest absolute Gasteiger partial charge is 0.313 e. The van der Waals surface area contributed by atoms with Crippen molar-refractivity contribution in [3.05, 3.63) is 67.4 Å². The number of fused-ring (bicyclic) bond motifs is 1. The number of nitrogens with zero attached hydrogens (tertiary/aromatic N) is 4. The molecule has 4 aromatic rings. The van der Waals surface area contributed by atoms with Crippen LogP contribution in [0.4, 0.5) is 0 Å². The predicted octanol–water partition coefficient (Wildman–Crippen LogP) is 3.46. The molecule has 0 amide bonds. The molecule has 4 rings (SSSR count). The Morgan fingerprint density at radius 1 is 0.696 bits per heavy atom. The summed E-state index contributed by atoms with van der Waals surface area (Å²) in [5.41, 5.74) is 4.92. The summed E-state index contributed by atoms with van der Waals surface area (Å²) in [4.78, 5) is 16.2. The van der Waals surface area contributed by atoms with Gasteiger partial charge in [0.25, 0.3) is 0 Å². The maximum absolute atomic E-state index is 9.23. The van der Waals surface area contributed by atoms with Gasteiger partial charge in [0.05, 0.1) is 5.52 Å². The quantitative estimate of drug-likeness (QED) is 0.614. The lowest BCUT2D eigenvalue weighted by Gasteiger charge is -2.08. The average molecular weight is 300 g/mol. The maximum atomic E-state index is 9.23. The van der Waals surface area contributed by atoms with E-state index < -0.39 is 0 Å². The van der Waals surface area contributed by atoms with E-state index in [1.54, 1.807) is 31.0 Å². The van der Waals surface area contributed by atoms with Gasteiger partial charge in [-0.05, 0) is 47.0 Å². The predicted molar refractivity (Wildman–Crippen MR) is 87.7 cm³/mol. The van der Waals surface area contributed by atoms with E-state index in [2.05, 4.69) is 26.0 Å². The number of aromatic hydroxyl groups is 1. The van der Waals surface area contributed by atoms with Crippen LogP contribution in [0.1, 0.15) is 0 Å². The largest absolute Gasteiger partial charge is 0.479 e. The molecule has 0 atom stereocenters. The van der Waals surface area contributed by atoms with Gasteiger partial charge in [0.2, 0.25) is 0 Å². The minimum absolute atomic E-state index is 0.228. The van der Waals surface area contributed by atoms with Gasteiger partial charge in [-0.15, -0.1) is 0 Å². The zero-order chi connectivity index (χ0) is 15.6. The van der Waals surface area contributed by atoms with Gasteiger partial charge in [-0.25, -0.2) is 9.97 Å². The van der Waals surface area contributed by atoms with Crippen molar-refractivity contribution >= 4 is 10.9 Å². The highest BCUT2D eigenvalue weighted by Crippen LogP contribution is 2.30. The van der Waals surface area contributed by atoms with E-state index in [0.29, 0.717) is 0 Å². The molecule has 0 saturated heterocycles. The fourth-order valence-corrected chi connectivity index (χ4v) is 2.58. The van der Waals surface area contributed by atoms with E-state index >= 15 is 0 Å². The molecule has 0 aliphatic heterocycles. The van der Waals surface area contributed by atoms with Crippen LogP contribution in [-0.4, -0.2) is 25.0 Å². The Labute approximate surface area is 132 Å². The summed E-state index contributed by atoms with van der Waals surface area (Å²) in [6, 6.07) is 11.7. The van der Waals surface area contributed by atoms with E-state index in [0.717, 1.165) is 33.2 Å². The van der Waals surface area contributed by atoms with Gasteiger partial charge in [-0.1, -0.05) is 6.07 Å². The lowest BCUT2D eigenvalue weighted by atomic mass is 9.99. The second-order valence-corrected chi connectivity index (χ2v) is 5.10. The van der Waals surface area contributed by atoms with Crippen molar-refractivity contribution in [2.75, 3.05) is 0 Å². The highest BCUT2D eigenvalue weighted by Gasteiger charge is 2.07. The maximum Gasteiger partial charge on any atom is 0.313 e. The molecular formula is C18H12N4O. The second-order valence-electron chi connectivity index (χ2n) is 5.10. The third-order valence-corrected chi connectivity index (χ3v) is 3.70. The number of aromatic nitrogens is 4. The first-order chi connectivity index (χ1) is 11.3. The van der Waals surface area contributed by atoms with E-state index in [4.69, 9.17) is 0 Å². The minimum Gasteiger partial charge on any atom is -0.479 e. The Hall–Kier alpha value is -3.34. The van der Waals surface area contributed by atoms with Crippen molar-refractivity contribution in [2.24, 2.45) is 0 Å². The lowest BCUT2D eigenvalue weighted by molar-refractivity contribution is 0.430. The second kappa shape index (κ2) is 5.46. The summed E-state index contributed by atoms with van der Waals surface area (Å²) in [6.45, 7) is 0. The summed E-state index contributed by atoms with van der Waals surface area (Å²) in [5.74, 6) is 0. The van der Waals surface area contributed by atoms with E-state index in [-0.39, 0.29) is 6.01 Å². The third-order valence-electron chi connectivity index (χ3n) is 3.70. The zero-order valence-corrected chi connectivity index (χ0v) is 12.1. The lowest BCUT2D eigenvalue weighted by Crippen LogP contribution is -1.88. The standard InChI is InChI=1S/C18H12N4O/c23-18-21-10-14(11-22-18)13-1-2-17-16(9-13)15(5-8-20-17)12-3-6-19-7-4-12/h1-11H,(H,21,22,23). The molecule has 0 radical (unpaired) electrons. The van der Waals surface area contributed by atoms with Crippen LogP contribution in [-0.2, 0) is 0 Å². The molecule has 5 nitrogen and oxygen atoms in total. The van der Waals surface area contributed by atoms with Gasteiger partial charge in [-0.2, -0.15) is 0 Å². The molecule has 23 heavy (non-hydrogen) atoms. The molecule has 0 fully saturated rings. The molecule has 0 bridgehead atoms. The fraction of sp³-hybridized carbons (Fsp3) is 0. The number of rotatable bonds is 2. The molecule has 0 aliphatic carbocycles. The number of hydrogen-bond donors (Lipinski definition) is 1. The molecule has 0 spiro atoms. The first-order valence-electron chi connectivity index (χ1n) is 7.12. The molecule has 3 heterocycles. The normalized spacial score (nSPS) is 10.8. The van der Waals surface area contributed by atoms with Crippen molar-refractivity contribution in [3.63, 3.8) is 0 Å². The van der Waals surface area contributed by atoms with Crippen LogP contribution in [0.2, 0.25) is 0 Å². The van der Waals surface area contributed by atoms with Crippen LogP contribution in [0.25, 0.3) is 33.2 Å². The molecule has 0 saturated carbocycles. The van der Waals surface area contributed by atoms with Gasteiger partial charge in [0, 0.05) is 41.9 Å². The molecule has 0 unspecified atom stereocenters.